The lowest BCUT2D eigenvalue weighted by atomic mass is 9.94. The first-order valence-corrected chi connectivity index (χ1v) is 3.28. The second-order valence-corrected chi connectivity index (χ2v) is 2.77. The summed E-state index contributed by atoms with van der Waals surface area (Å²) in [6.45, 7) is 2.15. The van der Waals surface area contributed by atoms with Crippen LogP contribution < -0.4 is 0 Å². The van der Waals surface area contributed by atoms with Gasteiger partial charge in [-0.05, 0) is 5.92 Å². The lowest BCUT2D eigenvalue weighted by molar-refractivity contribution is -0.141. The molecular weight excluding hydrogens is 114 g/mol. The third-order valence-electron chi connectivity index (χ3n) is 2.19. The van der Waals surface area contributed by atoms with Crippen molar-refractivity contribution in [3.63, 3.8) is 0 Å². The fourth-order valence-electron chi connectivity index (χ4n) is 1.44. The molecule has 0 aromatic heterocycles. The van der Waals surface area contributed by atoms with Gasteiger partial charge in [0.1, 0.15) is 0 Å². The van der Waals surface area contributed by atoms with E-state index in [0.717, 1.165) is 6.42 Å². The molecule has 0 radical (unpaired) electrons. The average molecular weight is 123 g/mol. The number of nitrogens with zero attached hydrogens (tertiary/aromatic N) is 1. The second kappa shape index (κ2) is 1.38. The van der Waals surface area contributed by atoms with E-state index in [2.05, 4.69) is 13.0 Å². The van der Waals surface area contributed by atoms with E-state index in [1.807, 2.05) is 11.1 Å². The van der Waals surface area contributed by atoms with Crippen molar-refractivity contribution in [2.24, 2.45) is 5.92 Å². The van der Waals surface area contributed by atoms with Gasteiger partial charge in [-0.3, -0.25) is 4.79 Å². The monoisotopic (exact) mass is 123 g/mol. The lowest BCUT2D eigenvalue weighted by Gasteiger charge is -2.35. The minimum atomic E-state index is 0.278. The quantitative estimate of drug-likeness (QED) is 0.435. The van der Waals surface area contributed by atoms with E-state index < -0.39 is 0 Å². The van der Waals surface area contributed by atoms with E-state index in [1.165, 1.54) is 0 Å². The van der Waals surface area contributed by atoms with Gasteiger partial charge in [0.05, 0.1) is 6.04 Å². The van der Waals surface area contributed by atoms with Gasteiger partial charge in [-0.2, -0.15) is 0 Å². The number of carbonyl (C=O) groups excluding carboxylic acids is 1. The topological polar surface area (TPSA) is 20.3 Å². The van der Waals surface area contributed by atoms with Gasteiger partial charge >= 0.3 is 0 Å². The predicted octanol–water partition coefficient (Wildman–Crippen LogP) is 0.751. The molecule has 2 atom stereocenters. The molecule has 2 heteroatoms. The first-order chi connectivity index (χ1) is 4.29. The molecule has 0 aromatic carbocycles. The first kappa shape index (κ1) is 5.03. The summed E-state index contributed by atoms with van der Waals surface area (Å²) in [7, 11) is 0. The molecule has 2 rings (SSSR count). The van der Waals surface area contributed by atoms with E-state index in [1.54, 1.807) is 0 Å². The minimum Gasteiger partial charge on any atom is -0.315 e. The number of β-lactam (4-membered cyclic amide) rings is 1. The summed E-state index contributed by atoms with van der Waals surface area (Å²) in [5, 5.41) is 0. The average Bonchev–Trinajstić information content (AvgIpc) is 2.07. The molecule has 0 bridgehead atoms. The van der Waals surface area contributed by atoms with Gasteiger partial charge in [0, 0.05) is 12.6 Å². The zero-order valence-corrected chi connectivity index (χ0v) is 5.37. The maximum Gasteiger partial charge on any atom is 0.228 e. The van der Waals surface area contributed by atoms with Crippen molar-refractivity contribution in [2.75, 3.05) is 0 Å². The van der Waals surface area contributed by atoms with Crippen molar-refractivity contribution in [3.05, 3.63) is 12.3 Å². The van der Waals surface area contributed by atoms with Crippen molar-refractivity contribution < 1.29 is 4.79 Å². The van der Waals surface area contributed by atoms with Crippen molar-refractivity contribution in [3.8, 4) is 0 Å². The number of fused-ring (bicyclic) bond motifs is 1. The highest BCUT2D eigenvalue weighted by molar-refractivity contribution is 5.85. The Morgan fingerprint density at radius 3 is 3.00 bits per heavy atom. The Labute approximate surface area is 54.1 Å². The van der Waals surface area contributed by atoms with Crippen LogP contribution in [0.4, 0.5) is 0 Å². The molecule has 0 saturated carbocycles. The SMILES string of the molecule is C[C@@H]1C=CN2C(=O)C[C@@H]12. The van der Waals surface area contributed by atoms with Crippen molar-refractivity contribution in [1.29, 1.82) is 0 Å². The van der Waals surface area contributed by atoms with E-state index in [9.17, 15) is 4.79 Å². The fraction of sp³-hybridized carbons (Fsp3) is 0.571. The van der Waals surface area contributed by atoms with E-state index in [0.29, 0.717) is 12.0 Å². The molecule has 2 aliphatic rings. The Morgan fingerprint density at radius 1 is 1.78 bits per heavy atom. The molecular formula is C7H9NO. The smallest absolute Gasteiger partial charge is 0.228 e. The van der Waals surface area contributed by atoms with Gasteiger partial charge in [0.15, 0.2) is 0 Å². The summed E-state index contributed by atoms with van der Waals surface area (Å²) in [6.07, 6.45) is 4.75. The number of carbonyl (C=O) groups is 1. The van der Waals surface area contributed by atoms with Crippen molar-refractivity contribution >= 4 is 5.91 Å². The minimum absolute atomic E-state index is 0.278. The van der Waals surface area contributed by atoms with E-state index in [-0.39, 0.29) is 5.91 Å². The highest BCUT2D eigenvalue weighted by Crippen LogP contribution is 2.32. The Kier molecular flexibility index (Phi) is 0.770. The van der Waals surface area contributed by atoms with Crippen LogP contribution in [0, 0.1) is 5.92 Å². The molecule has 48 valence electrons. The van der Waals surface area contributed by atoms with Crippen molar-refractivity contribution in [1.82, 2.24) is 4.90 Å². The first-order valence-electron chi connectivity index (χ1n) is 3.28. The van der Waals surface area contributed by atoms with Crippen LogP contribution in [-0.2, 0) is 4.79 Å². The summed E-state index contributed by atoms with van der Waals surface area (Å²) >= 11 is 0. The number of rotatable bonds is 0. The Balaban J connectivity index is 2.19. The summed E-state index contributed by atoms with van der Waals surface area (Å²) in [5.41, 5.74) is 0. The Hall–Kier alpha value is -0.790. The van der Waals surface area contributed by atoms with Gasteiger partial charge in [-0.15, -0.1) is 0 Å². The summed E-state index contributed by atoms with van der Waals surface area (Å²) < 4.78 is 0. The number of hydrogen-bond donors (Lipinski definition) is 0. The molecule has 2 aliphatic heterocycles. The molecule has 0 aromatic rings. The summed E-state index contributed by atoms with van der Waals surface area (Å²) in [5.74, 6) is 0.864. The van der Waals surface area contributed by atoms with Gasteiger partial charge in [-0.1, -0.05) is 13.0 Å². The van der Waals surface area contributed by atoms with Crippen LogP contribution in [0.25, 0.3) is 0 Å². The van der Waals surface area contributed by atoms with Crippen molar-refractivity contribution in [2.45, 2.75) is 19.4 Å². The molecule has 1 amide bonds. The zero-order chi connectivity index (χ0) is 6.43. The van der Waals surface area contributed by atoms with Gasteiger partial charge in [-0.25, -0.2) is 0 Å². The molecule has 0 spiro atoms. The van der Waals surface area contributed by atoms with Crippen LogP contribution in [0.2, 0.25) is 0 Å². The van der Waals surface area contributed by atoms with Crippen LogP contribution in [-0.4, -0.2) is 16.8 Å². The molecule has 0 N–H and O–H groups in total. The largest absolute Gasteiger partial charge is 0.315 e. The summed E-state index contributed by atoms with van der Waals surface area (Å²) in [4.78, 5) is 12.6. The van der Waals surface area contributed by atoms with E-state index in [4.69, 9.17) is 0 Å². The Bertz CT molecular complexity index is 185. The third kappa shape index (κ3) is 0.479. The van der Waals surface area contributed by atoms with Crippen LogP contribution in [0.5, 0.6) is 0 Å². The van der Waals surface area contributed by atoms with Crippen LogP contribution in [0.15, 0.2) is 12.3 Å². The van der Waals surface area contributed by atoms with E-state index >= 15 is 0 Å². The number of amides is 1. The molecule has 0 aliphatic carbocycles. The molecule has 1 fully saturated rings. The highest BCUT2D eigenvalue weighted by atomic mass is 16.2. The molecule has 1 saturated heterocycles. The molecule has 2 nitrogen and oxygen atoms in total. The maximum atomic E-state index is 10.7. The molecule has 9 heavy (non-hydrogen) atoms. The fourth-order valence-corrected chi connectivity index (χ4v) is 1.44. The van der Waals surface area contributed by atoms with Gasteiger partial charge < -0.3 is 4.90 Å². The van der Waals surface area contributed by atoms with Gasteiger partial charge in [0.25, 0.3) is 0 Å². The highest BCUT2D eigenvalue weighted by Gasteiger charge is 2.40. The normalized spacial score (nSPS) is 38.8. The molecule has 2 heterocycles. The van der Waals surface area contributed by atoms with Crippen LogP contribution in [0.1, 0.15) is 13.3 Å². The maximum absolute atomic E-state index is 10.7. The third-order valence-corrected chi connectivity index (χ3v) is 2.19. The summed E-state index contributed by atoms with van der Waals surface area (Å²) in [6, 6.07) is 0.512. The zero-order valence-electron chi connectivity index (χ0n) is 5.37. The standard InChI is InChI=1S/C7H9NO/c1-5-2-3-8-6(5)4-7(8)9/h2-3,5-6H,4H2,1H3/t5-,6+/m1/s1. The predicted molar refractivity (Wildman–Crippen MR) is 33.6 cm³/mol. The van der Waals surface area contributed by atoms with Gasteiger partial charge in [0.2, 0.25) is 5.91 Å². The van der Waals surface area contributed by atoms with Crippen LogP contribution in [0.3, 0.4) is 0 Å². The van der Waals surface area contributed by atoms with Crippen LogP contribution >= 0.6 is 0 Å². The second-order valence-electron chi connectivity index (χ2n) is 2.77. The molecule has 0 unspecified atom stereocenters. The number of hydrogen-bond acceptors (Lipinski definition) is 1. The Morgan fingerprint density at radius 2 is 2.56 bits per heavy atom. The lowest BCUT2D eigenvalue weighted by Crippen LogP contribution is -2.48.